The Labute approximate surface area is 113 Å². The zero-order valence-electron chi connectivity index (χ0n) is 10.6. The molecule has 1 heterocycles. The van der Waals surface area contributed by atoms with E-state index in [0.717, 1.165) is 12.1 Å². The maximum Gasteiger partial charge on any atom is 0.416 e. The highest BCUT2D eigenvalue weighted by molar-refractivity contribution is 5.66. The summed E-state index contributed by atoms with van der Waals surface area (Å²) in [5.74, 6) is 0.338. The Morgan fingerprint density at radius 2 is 1.75 bits per heavy atom. The third kappa shape index (κ3) is 2.91. The van der Waals surface area contributed by atoms with Gasteiger partial charge in [0.2, 0.25) is 5.88 Å². The van der Waals surface area contributed by atoms with Gasteiger partial charge in [0.1, 0.15) is 0 Å². The fourth-order valence-electron chi connectivity index (χ4n) is 1.82. The molecule has 2 rings (SSSR count). The number of nitrogens with zero attached hydrogens (tertiary/aromatic N) is 1. The third-order valence-corrected chi connectivity index (χ3v) is 2.83. The summed E-state index contributed by atoms with van der Waals surface area (Å²) in [7, 11) is 1.45. The second kappa shape index (κ2) is 5.50. The summed E-state index contributed by atoms with van der Waals surface area (Å²) in [6.07, 6.45) is -4.36. The number of ether oxygens (including phenoxy) is 1. The normalized spacial score (nSPS) is 11.4. The zero-order valence-corrected chi connectivity index (χ0v) is 10.6. The Kier molecular flexibility index (Phi) is 3.94. The zero-order chi connectivity index (χ0) is 14.8. The van der Waals surface area contributed by atoms with E-state index < -0.39 is 11.7 Å². The number of rotatable bonds is 3. The van der Waals surface area contributed by atoms with E-state index in [1.54, 1.807) is 12.1 Å². The lowest BCUT2D eigenvalue weighted by atomic mass is 10.0. The summed E-state index contributed by atoms with van der Waals surface area (Å²) in [5, 5.41) is 9.29. The molecule has 1 aromatic carbocycles. The molecular weight excluding hydrogens is 271 g/mol. The highest BCUT2D eigenvalue weighted by atomic mass is 19.4. The van der Waals surface area contributed by atoms with Gasteiger partial charge in [0.25, 0.3) is 0 Å². The number of halogens is 3. The second-order valence-corrected chi connectivity index (χ2v) is 4.08. The van der Waals surface area contributed by atoms with Crippen molar-refractivity contribution in [2.24, 2.45) is 0 Å². The lowest BCUT2D eigenvalue weighted by molar-refractivity contribution is -0.137. The monoisotopic (exact) mass is 283 g/mol. The van der Waals surface area contributed by atoms with E-state index in [0.29, 0.717) is 22.7 Å². The summed E-state index contributed by atoms with van der Waals surface area (Å²) in [6, 6.07) is 7.95. The largest absolute Gasteiger partial charge is 0.481 e. The predicted molar refractivity (Wildman–Crippen MR) is 67.1 cm³/mol. The molecule has 0 radical (unpaired) electrons. The van der Waals surface area contributed by atoms with Crippen molar-refractivity contribution in [3.63, 3.8) is 0 Å². The summed E-state index contributed by atoms with van der Waals surface area (Å²) in [6.45, 7) is -0.326. The molecule has 0 aliphatic heterocycles. The predicted octanol–water partition coefficient (Wildman–Crippen LogP) is 3.27. The van der Waals surface area contributed by atoms with Gasteiger partial charge in [0.15, 0.2) is 0 Å². The van der Waals surface area contributed by atoms with Crippen LogP contribution in [0.25, 0.3) is 11.1 Å². The maximum absolute atomic E-state index is 12.5. The summed E-state index contributed by atoms with van der Waals surface area (Å²) >= 11 is 0. The maximum atomic E-state index is 12.5. The Balaban J connectivity index is 2.41. The average Bonchev–Trinajstić information content (AvgIpc) is 2.45. The molecule has 1 aromatic heterocycles. The molecule has 0 aliphatic rings. The molecule has 106 valence electrons. The van der Waals surface area contributed by atoms with E-state index >= 15 is 0 Å². The Hall–Kier alpha value is -2.08. The minimum absolute atomic E-state index is 0.326. The van der Waals surface area contributed by atoms with E-state index in [2.05, 4.69) is 4.98 Å². The molecule has 1 N–H and O–H groups in total. The highest BCUT2D eigenvalue weighted by Gasteiger charge is 2.30. The van der Waals surface area contributed by atoms with Crippen LogP contribution < -0.4 is 4.74 Å². The van der Waals surface area contributed by atoms with E-state index in [1.165, 1.54) is 19.2 Å². The molecule has 2 aromatic rings. The molecule has 0 aliphatic carbocycles. The van der Waals surface area contributed by atoms with Crippen molar-refractivity contribution < 1.29 is 23.0 Å². The van der Waals surface area contributed by atoms with Crippen molar-refractivity contribution in [2.45, 2.75) is 12.8 Å². The second-order valence-electron chi connectivity index (χ2n) is 4.08. The average molecular weight is 283 g/mol. The SMILES string of the molecule is COc1ccc(-c2ccc(C(F)(F)F)cc2)c(CO)n1. The first-order chi connectivity index (χ1) is 9.45. The van der Waals surface area contributed by atoms with Crippen molar-refractivity contribution in [2.75, 3.05) is 7.11 Å². The van der Waals surface area contributed by atoms with Crippen LogP contribution in [0.5, 0.6) is 5.88 Å². The van der Waals surface area contributed by atoms with Crippen LogP contribution in [0.3, 0.4) is 0 Å². The summed E-state index contributed by atoms with van der Waals surface area (Å²) in [4.78, 5) is 4.06. The standard InChI is InChI=1S/C14H12F3NO2/c1-20-13-7-6-11(12(8-19)18-13)9-2-4-10(5-3-9)14(15,16)17/h2-7,19H,8H2,1H3. The quantitative estimate of drug-likeness (QED) is 0.940. The third-order valence-electron chi connectivity index (χ3n) is 2.83. The first-order valence-corrected chi connectivity index (χ1v) is 5.78. The number of alkyl halides is 3. The summed E-state index contributed by atoms with van der Waals surface area (Å²) < 4.78 is 42.4. The molecule has 0 saturated carbocycles. The van der Waals surface area contributed by atoms with Gasteiger partial charge < -0.3 is 9.84 Å². The Morgan fingerprint density at radius 3 is 2.25 bits per heavy atom. The molecule has 0 unspecified atom stereocenters. The number of hydrogen-bond donors (Lipinski definition) is 1. The molecule has 20 heavy (non-hydrogen) atoms. The van der Waals surface area contributed by atoms with Crippen molar-refractivity contribution in [3.8, 4) is 17.0 Å². The lowest BCUT2D eigenvalue weighted by Crippen LogP contribution is -2.04. The van der Waals surface area contributed by atoms with Gasteiger partial charge in [-0.1, -0.05) is 12.1 Å². The van der Waals surface area contributed by atoms with Crippen LogP contribution >= 0.6 is 0 Å². The number of methoxy groups -OCH3 is 1. The van der Waals surface area contributed by atoms with Crippen molar-refractivity contribution in [1.82, 2.24) is 4.98 Å². The number of pyridine rings is 1. The van der Waals surface area contributed by atoms with Gasteiger partial charge in [-0.05, 0) is 23.8 Å². The van der Waals surface area contributed by atoms with Crippen LogP contribution in [-0.2, 0) is 12.8 Å². The molecular formula is C14H12F3NO2. The van der Waals surface area contributed by atoms with Crippen LogP contribution in [0, 0.1) is 0 Å². The molecule has 6 heteroatoms. The first-order valence-electron chi connectivity index (χ1n) is 5.78. The van der Waals surface area contributed by atoms with Crippen LogP contribution in [0.15, 0.2) is 36.4 Å². The summed E-state index contributed by atoms with van der Waals surface area (Å²) in [5.41, 5.74) is 0.761. The number of aliphatic hydroxyl groups excluding tert-OH is 1. The molecule has 3 nitrogen and oxygen atoms in total. The molecule has 0 spiro atoms. The highest BCUT2D eigenvalue weighted by Crippen LogP contribution is 2.32. The first kappa shape index (κ1) is 14.3. The van der Waals surface area contributed by atoms with Gasteiger partial charge in [-0.15, -0.1) is 0 Å². The minimum atomic E-state index is -4.36. The smallest absolute Gasteiger partial charge is 0.416 e. The van der Waals surface area contributed by atoms with Crippen LogP contribution in [0.2, 0.25) is 0 Å². The Bertz CT molecular complexity index is 594. The van der Waals surface area contributed by atoms with Crippen molar-refractivity contribution in [3.05, 3.63) is 47.7 Å². The fourth-order valence-corrected chi connectivity index (χ4v) is 1.82. The number of hydrogen-bond acceptors (Lipinski definition) is 3. The lowest BCUT2D eigenvalue weighted by Gasteiger charge is -2.10. The van der Waals surface area contributed by atoms with E-state index in [4.69, 9.17) is 4.74 Å². The van der Waals surface area contributed by atoms with Crippen molar-refractivity contribution >= 4 is 0 Å². The molecule has 0 bridgehead atoms. The van der Waals surface area contributed by atoms with Gasteiger partial charge in [-0.25, -0.2) is 4.98 Å². The van der Waals surface area contributed by atoms with Gasteiger partial charge in [-0.2, -0.15) is 13.2 Å². The topological polar surface area (TPSA) is 42.4 Å². The van der Waals surface area contributed by atoms with Gasteiger partial charge in [-0.3, -0.25) is 0 Å². The molecule has 0 fully saturated rings. The van der Waals surface area contributed by atoms with Gasteiger partial charge in [0.05, 0.1) is 25.0 Å². The molecule has 0 saturated heterocycles. The minimum Gasteiger partial charge on any atom is -0.481 e. The van der Waals surface area contributed by atoms with E-state index in [-0.39, 0.29) is 6.61 Å². The van der Waals surface area contributed by atoms with Crippen LogP contribution in [0.1, 0.15) is 11.3 Å². The van der Waals surface area contributed by atoms with Crippen LogP contribution in [-0.4, -0.2) is 17.2 Å². The van der Waals surface area contributed by atoms with Gasteiger partial charge in [0, 0.05) is 11.6 Å². The molecule has 0 atom stereocenters. The van der Waals surface area contributed by atoms with Gasteiger partial charge >= 0.3 is 6.18 Å². The number of benzene rings is 1. The van der Waals surface area contributed by atoms with Crippen molar-refractivity contribution in [1.29, 1.82) is 0 Å². The number of aromatic nitrogens is 1. The van der Waals surface area contributed by atoms with E-state index in [1.807, 2.05) is 0 Å². The molecule has 0 amide bonds. The fraction of sp³-hybridized carbons (Fsp3) is 0.214. The van der Waals surface area contributed by atoms with Crippen LogP contribution in [0.4, 0.5) is 13.2 Å². The Morgan fingerprint density at radius 1 is 1.10 bits per heavy atom. The van der Waals surface area contributed by atoms with E-state index in [9.17, 15) is 18.3 Å². The number of aliphatic hydroxyl groups is 1.